The summed E-state index contributed by atoms with van der Waals surface area (Å²) in [5.41, 5.74) is 2.58. The Bertz CT molecular complexity index is 1060. The number of urea groups is 1. The van der Waals surface area contributed by atoms with Crippen molar-refractivity contribution in [1.29, 1.82) is 0 Å². The number of nitrogens with one attached hydrogen (secondary N) is 1. The van der Waals surface area contributed by atoms with Crippen LogP contribution in [0.2, 0.25) is 0 Å². The van der Waals surface area contributed by atoms with Crippen LogP contribution < -0.4 is 15.0 Å². The van der Waals surface area contributed by atoms with E-state index in [9.17, 15) is 9.18 Å². The molecular formula is C22H25FN6O2. The summed E-state index contributed by atoms with van der Waals surface area (Å²) in [5.74, 6) is 1.09. The van der Waals surface area contributed by atoms with Gasteiger partial charge in [-0.1, -0.05) is 12.1 Å². The number of aromatic nitrogens is 3. The molecule has 0 spiro atoms. The molecule has 0 atom stereocenters. The molecule has 1 aromatic heterocycles. The third-order valence-electron chi connectivity index (χ3n) is 5.28. The third kappa shape index (κ3) is 4.76. The first-order valence-corrected chi connectivity index (χ1v) is 10.1. The van der Waals surface area contributed by atoms with E-state index in [1.807, 2.05) is 25.1 Å². The molecular weight excluding hydrogens is 399 g/mol. The number of nitrogens with zero attached hydrogens (tertiary/aromatic N) is 5. The van der Waals surface area contributed by atoms with Crippen LogP contribution in [0.25, 0.3) is 5.69 Å². The Morgan fingerprint density at radius 3 is 2.65 bits per heavy atom. The average Bonchev–Trinajstić information content (AvgIpc) is 3.23. The first-order chi connectivity index (χ1) is 15.0. The van der Waals surface area contributed by atoms with Crippen molar-refractivity contribution in [1.82, 2.24) is 25.0 Å². The summed E-state index contributed by atoms with van der Waals surface area (Å²) in [4.78, 5) is 20.6. The van der Waals surface area contributed by atoms with Gasteiger partial charge in [0, 0.05) is 44.5 Å². The topological polar surface area (TPSA) is 75.5 Å². The number of hydrogen-bond acceptors (Lipinski definition) is 5. The van der Waals surface area contributed by atoms with Gasteiger partial charge in [-0.25, -0.2) is 18.9 Å². The predicted molar refractivity (Wildman–Crippen MR) is 115 cm³/mol. The highest BCUT2D eigenvalue weighted by molar-refractivity contribution is 5.74. The number of carbonyl (C=O) groups is 1. The molecule has 2 amide bonds. The molecule has 31 heavy (non-hydrogen) atoms. The van der Waals surface area contributed by atoms with E-state index in [-0.39, 0.29) is 11.8 Å². The molecule has 162 valence electrons. The maximum atomic E-state index is 13.3. The van der Waals surface area contributed by atoms with Gasteiger partial charge in [0.1, 0.15) is 29.4 Å². The SMILES string of the molecule is COc1cc(N2CCN(C(=O)NCc3cccc(F)c3)CC2)ccc1-n1cnc(C)n1. The molecule has 0 bridgehead atoms. The monoisotopic (exact) mass is 424 g/mol. The smallest absolute Gasteiger partial charge is 0.317 e. The van der Waals surface area contributed by atoms with Crippen LogP contribution in [0.1, 0.15) is 11.4 Å². The van der Waals surface area contributed by atoms with Gasteiger partial charge in [0.05, 0.1) is 7.11 Å². The molecule has 2 aromatic carbocycles. The molecule has 0 aliphatic carbocycles. The summed E-state index contributed by atoms with van der Waals surface area (Å²) in [5, 5.41) is 7.21. The van der Waals surface area contributed by atoms with Gasteiger partial charge in [-0.15, -0.1) is 0 Å². The van der Waals surface area contributed by atoms with Crippen molar-refractivity contribution in [2.24, 2.45) is 0 Å². The molecule has 1 N–H and O–H groups in total. The Morgan fingerprint density at radius 2 is 1.97 bits per heavy atom. The normalized spacial score (nSPS) is 13.9. The summed E-state index contributed by atoms with van der Waals surface area (Å²) in [7, 11) is 1.63. The quantitative estimate of drug-likeness (QED) is 0.682. The number of ether oxygens (including phenoxy) is 1. The highest BCUT2D eigenvalue weighted by atomic mass is 19.1. The van der Waals surface area contributed by atoms with E-state index >= 15 is 0 Å². The zero-order valence-electron chi connectivity index (χ0n) is 17.6. The maximum absolute atomic E-state index is 13.3. The lowest BCUT2D eigenvalue weighted by molar-refractivity contribution is 0.194. The number of piperazine rings is 1. The van der Waals surface area contributed by atoms with Gasteiger partial charge in [-0.2, -0.15) is 5.10 Å². The van der Waals surface area contributed by atoms with Crippen LogP contribution in [0.4, 0.5) is 14.9 Å². The summed E-state index contributed by atoms with van der Waals surface area (Å²) < 4.78 is 20.5. The fourth-order valence-corrected chi connectivity index (χ4v) is 3.62. The van der Waals surface area contributed by atoms with E-state index in [2.05, 4.69) is 20.3 Å². The van der Waals surface area contributed by atoms with Gasteiger partial charge in [0.2, 0.25) is 0 Å². The van der Waals surface area contributed by atoms with Crippen LogP contribution in [0.3, 0.4) is 0 Å². The zero-order valence-corrected chi connectivity index (χ0v) is 17.6. The molecule has 3 aromatic rings. The average molecular weight is 424 g/mol. The van der Waals surface area contributed by atoms with Crippen LogP contribution in [-0.2, 0) is 6.54 Å². The summed E-state index contributed by atoms with van der Waals surface area (Å²) in [6.45, 7) is 4.75. The third-order valence-corrected chi connectivity index (χ3v) is 5.28. The van der Waals surface area contributed by atoms with Crippen molar-refractivity contribution < 1.29 is 13.9 Å². The van der Waals surface area contributed by atoms with Crippen LogP contribution in [-0.4, -0.2) is 59.0 Å². The Kier molecular flexibility index (Phi) is 6.01. The largest absolute Gasteiger partial charge is 0.494 e. The van der Waals surface area contributed by atoms with Gasteiger partial charge in [0.15, 0.2) is 0 Å². The molecule has 1 saturated heterocycles. The molecule has 0 saturated carbocycles. The van der Waals surface area contributed by atoms with Crippen molar-refractivity contribution in [3.63, 3.8) is 0 Å². The lowest BCUT2D eigenvalue weighted by atomic mass is 10.2. The second-order valence-electron chi connectivity index (χ2n) is 7.36. The van der Waals surface area contributed by atoms with Crippen molar-refractivity contribution in [3.8, 4) is 11.4 Å². The van der Waals surface area contributed by atoms with Gasteiger partial charge in [0.25, 0.3) is 0 Å². The predicted octanol–water partition coefficient (Wildman–Crippen LogP) is 2.76. The maximum Gasteiger partial charge on any atom is 0.317 e. The van der Waals surface area contributed by atoms with Gasteiger partial charge < -0.3 is 19.9 Å². The van der Waals surface area contributed by atoms with Crippen LogP contribution in [0.5, 0.6) is 5.75 Å². The summed E-state index contributed by atoms with van der Waals surface area (Å²) >= 11 is 0. The number of hydrogen-bond donors (Lipinski definition) is 1. The van der Waals surface area contributed by atoms with E-state index in [1.54, 1.807) is 35.2 Å². The number of anilines is 1. The first kappa shape index (κ1) is 20.6. The van der Waals surface area contributed by atoms with E-state index in [1.165, 1.54) is 12.1 Å². The van der Waals surface area contributed by atoms with Crippen LogP contribution in [0, 0.1) is 12.7 Å². The Balaban J connectivity index is 1.35. The van der Waals surface area contributed by atoms with E-state index in [0.29, 0.717) is 44.3 Å². The fourth-order valence-electron chi connectivity index (χ4n) is 3.62. The lowest BCUT2D eigenvalue weighted by Gasteiger charge is -2.36. The number of benzene rings is 2. The molecule has 1 fully saturated rings. The molecule has 1 aliphatic heterocycles. The standard InChI is InChI=1S/C22H25FN6O2/c1-16-25-15-29(26-16)20-7-6-19(13-21(20)31-2)27-8-10-28(11-9-27)22(30)24-14-17-4-3-5-18(23)12-17/h3-7,12-13,15H,8-11,14H2,1-2H3,(H,24,30). The minimum Gasteiger partial charge on any atom is -0.494 e. The second kappa shape index (κ2) is 9.03. The highest BCUT2D eigenvalue weighted by Gasteiger charge is 2.22. The number of amides is 2. The van der Waals surface area contributed by atoms with Gasteiger partial charge >= 0.3 is 6.03 Å². The Labute approximate surface area is 180 Å². The van der Waals surface area contributed by atoms with Gasteiger partial charge in [-0.3, -0.25) is 0 Å². The van der Waals surface area contributed by atoms with E-state index < -0.39 is 0 Å². The fraction of sp³-hybridized carbons (Fsp3) is 0.318. The van der Waals surface area contributed by atoms with Crippen molar-refractivity contribution in [3.05, 3.63) is 66.0 Å². The number of halogens is 1. The number of methoxy groups -OCH3 is 1. The van der Waals surface area contributed by atoms with Crippen LogP contribution in [0.15, 0.2) is 48.8 Å². The van der Waals surface area contributed by atoms with Crippen molar-refractivity contribution in [2.45, 2.75) is 13.5 Å². The molecule has 0 unspecified atom stereocenters. The zero-order chi connectivity index (χ0) is 21.8. The molecule has 8 nitrogen and oxygen atoms in total. The molecule has 9 heteroatoms. The van der Waals surface area contributed by atoms with Crippen LogP contribution >= 0.6 is 0 Å². The minimum absolute atomic E-state index is 0.140. The summed E-state index contributed by atoms with van der Waals surface area (Å²) in [6.07, 6.45) is 1.66. The highest BCUT2D eigenvalue weighted by Crippen LogP contribution is 2.28. The molecule has 0 radical (unpaired) electrons. The first-order valence-electron chi connectivity index (χ1n) is 10.1. The molecule has 1 aliphatic rings. The van der Waals surface area contributed by atoms with Crippen molar-refractivity contribution >= 4 is 11.7 Å². The Hall–Kier alpha value is -3.62. The minimum atomic E-state index is -0.305. The molecule has 2 heterocycles. The number of rotatable bonds is 5. The lowest BCUT2D eigenvalue weighted by Crippen LogP contribution is -2.51. The molecule has 4 rings (SSSR count). The van der Waals surface area contributed by atoms with E-state index in [4.69, 9.17) is 4.74 Å². The van der Waals surface area contributed by atoms with E-state index in [0.717, 1.165) is 16.9 Å². The summed E-state index contributed by atoms with van der Waals surface area (Å²) in [6, 6.07) is 12.1. The Morgan fingerprint density at radius 1 is 1.16 bits per heavy atom. The van der Waals surface area contributed by atoms with Gasteiger partial charge in [-0.05, 0) is 36.8 Å². The van der Waals surface area contributed by atoms with Crippen molar-refractivity contribution in [2.75, 3.05) is 38.2 Å². The number of aryl methyl sites for hydroxylation is 1. The second-order valence-corrected chi connectivity index (χ2v) is 7.36. The number of carbonyl (C=O) groups excluding carboxylic acids is 1.